The second-order valence-electron chi connectivity index (χ2n) is 7.24. The molecule has 0 amide bonds. The quantitative estimate of drug-likeness (QED) is 0.359. The van der Waals surface area contributed by atoms with Crippen molar-refractivity contribution in [2.24, 2.45) is 0 Å². The molecule has 0 saturated heterocycles. The van der Waals surface area contributed by atoms with Crippen LogP contribution in [-0.2, 0) is 5.75 Å². The van der Waals surface area contributed by atoms with Gasteiger partial charge in [0.15, 0.2) is 0 Å². The Bertz CT molecular complexity index is 1130. The van der Waals surface area contributed by atoms with Gasteiger partial charge in [0, 0.05) is 36.7 Å². The van der Waals surface area contributed by atoms with Crippen LogP contribution in [0, 0.1) is 0 Å². The van der Waals surface area contributed by atoms with Crippen LogP contribution < -0.4 is 9.64 Å². The van der Waals surface area contributed by atoms with Gasteiger partial charge in [0.2, 0.25) is 5.16 Å². The predicted molar refractivity (Wildman–Crippen MR) is 128 cm³/mol. The van der Waals surface area contributed by atoms with E-state index in [9.17, 15) is 0 Å². The molecule has 5 nitrogen and oxygen atoms in total. The van der Waals surface area contributed by atoms with Crippen LogP contribution in [-0.4, -0.2) is 36.4 Å². The standard InChI is InChI=1S/C25H24N4OS/c1-29(2)21-13-9-19(10-14-21)23-24(20-11-15-22(30-3)16-12-20)27-28-25(26-23)31-17-18-7-5-4-6-8-18/h4-16H,17H2,1-3H3. The molecule has 0 unspecified atom stereocenters. The zero-order valence-corrected chi connectivity index (χ0v) is 18.6. The highest BCUT2D eigenvalue weighted by Crippen LogP contribution is 2.32. The second kappa shape index (κ2) is 9.62. The Morgan fingerprint density at radius 2 is 1.42 bits per heavy atom. The lowest BCUT2D eigenvalue weighted by Crippen LogP contribution is -2.08. The molecule has 156 valence electrons. The molecule has 31 heavy (non-hydrogen) atoms. The molecule has 1 heterocycles. The van der Waals surface area contributed by atoms with E-state index in [-0.39, 0.29) is 0 Å². The van der Waals surface area contributed by atoms with E-state index in [4.69, 9.17) is 9.72 Å². The normalized spacial score (nSPS) is 10.7. The van der Waals surface area contributed by atoms with Crippen LogP contribution in [0.5, 0.6) is 5.75 Å². The summed E-state index contributed by atoms with van der Waals surface area (Å²) in [7, 11) is 5.72. The first kappa shape index (κ1) is 20.9. The van der Waals surface area contributed by atoms with Crippen LogP contribution in [0.4, 0.5) is 5.69 Å². The lowest BCUT2D eigenvalue weighted by Gasteiger charge is -2.14. The van der Waals surface area contributed by atoms with Gasteiger partial charge in [-0.2, -0.15) is 0 Å². The molecule has 0 saturated carbocycles. The van der Waals surface area contributed by atoms with Crippen molar-refractivity contribution in [1.29, 1.82) is 0 Å². The molecular weight excluding hydrogens is 404 g/mol. The Morgan fingerprint density at radius 3 is 2.06 bits per heavy atom. The van der Waals surface area contributed by atoms with E-state index in [0.717, 1.165) is 39.7 Å². The molecule has 0 fully saturated rings. The van der Waals surface area contributed by atoms with Gasteiger partial charge in [0.1, 0.15) is 17.1 Å². The zero-order chi connectivity index (χ0) is 21.6. The molecule has 0 bridgehead atoms. The first-order valence-corrected chi connectivity index (χ1v) is 11.0. The average Bonchev–Trinajstić information content (AvgIpc) is 2.83. The van der Waals surface area contributed by atoms with Crippen LogP contribution >= 0.6 is 11.8 Å². The lowest BCUT2D eigenvalue weighted by atomic mass is 10.0. The maximum absolute atomic E-state index is 5.29. The lowest BCUT2D eigenvalue weighted by molar-refractivity contribution is 0.415. The Hall–Kier alpha value is -3.38. The molecule has 1 aromatic heterocycles. The van der Waals surface area contributed by atoms with E-state index in [2.05, 4.69) is 51.5 Å². The van der Waals surface area contributed by atoms with Gasteiger partial charge in [-0.25, -0.2) is 4.98 Å². The number of benzene rings is 3. The highest BCUT2D eigenvalue weighted by molar-refractivity contribution is 7.98. The topological polar surface area (TPSA) is 51.1 Å². The molecule has 0 atom stereocenters. The van der Waals surface area contributed by atoms with Crippen molar-refractivity contribution in [3.05, 3.63) is 84.4 Å². The average molecular weight is 429 g/mol. The number of nitrogens with zero attached hydrogens (tertiary/aromatic N) is 4. The summed E-state index contributed by atoms with van der Waals surface area (Å²) in [5.41, 5.74) is 5.90. The molecule has 4 aromatic rings. The van der Waals surface area contributed by atoms with Gasteiger partial charge in [-0.15, -0.1) is 10.2 Å². The Morgan fingerprint density at radius 1 is 0.774 bits per heavy atom. The number of anilines is 1. The van der Waals surface area contributed by atoms with Crippen molar-refractivity contribution in [3.63, 3.8) is 0 Å². The van der Waals surface area contributed by atoms with Gasteiger partial charge in [-0.3, -0.25) is 0 Å². The summed E-state index contributed by atoms with van der Waals surface area (Å²) in [5.74, 6) is 1.60. The van der Waals surface area contributed by atoms with E-state index >= 15 is 0 Å². The zero-order valence-electron chi connectivity index (χ0n) is 17.8. The van der Waals surface area contributed by atoms with Crippen LogP contribution in [0.15, 0.2) is 84.0 Å². The molecule has 0 spiro atoms. The number of rotatable bonds is 7. The maximum atomic E-state index is 5.29. The number of ether oxygens (including phenoxy) is 1. The summed E-state index contributed by atoms with van der Waals surface area (Å²) >= 11 is 1.59. The fourth-order valence-corrected chi connectivity index (χ4v) is 3.90. The monoisotopic (exact) mass is 428 g/mol. The smallest absolute Gasteiger partial charge is 0.210 e. The van der Waals surface area contributed by atoms with Crippen LogP contribution in [0.1, 0.15) is 5.56 Å². The fourth-order valence-electron chi connectivity index (χ4n) is 3.16. The molecule has 0 radical (unpaired) electrons. The van der Waals surface area contributed by atoms with Gasteiger partial charge in [0.05, 0.1) is 7.11 Å². The van der Waals surface area contributed by atoms with E-state index in [1.54, 1.807) is 18.9 Å². The minimum absolute atomic E-state index is 0.660. The minimum Gasteiger partial charge on any atom is -0.497 e. The molecule has 3 aromatic carbocycles. The maximum Gasteiger partial charge on any atom is 0.210 e. The van der Waals surface area contributed by atoms with Crippen molar-refractivity contribution in [1.82, 2.24) is 15.2 Å². The van der Waals surface area contributed by atoms with Gasteiger partial charge < -0.3 is 9.64 Å². The van der Waals surface area contributed by atoms with Gasteiger partial charge in [0.25, 0.3) is 0 Å². The summed E-state index contributed by atoms with van der Waals surface area (Å²) in [5, 5.41) is 9.63. The van der Waals surface area contributed by atoms with Crippen LogP contribution in [0.2, 0.25) is 0 Å². The summed E-state index contributed by atoms with van der Waals surface area (Å²) < 4.78 is 5.29. The molecule has 0 aliphatic carbocycles. The Kier molecular flexibility index (Phi) is 6.48. The van der Waals surface area contributed by atoms with Crippen molar-refractivity contribution in [2.75, 3.05) is 26.1 Å². The number of thioether (sulfide) groups is 1. The highest BCUT2D eigenvalue weighted by atomic mass is 32.2. The largest absolute Gasteiger partial charge is 0.497 e. The second-order valence-corrected chi connectivity index (χ2v) is 8.18. The van der Waals surface area contributed by atoms with E-state index in [0.29, 0.717) is 5.16 Å². The third-order valence-electron chi connectivity index (χ3n) is 4.90. The number of hydrogen-bond acceptors (Lipinski definition) is 6. The molecule has 4 rings (SSSR count). The van der Waals surface area contributed by atoms with Crippen molar-refractivity contribution in [3.8, 4) is 28.3 Å². The third kappa shape index (κ3) is 5.03. The minimum atomic E-state index is 0.660. The molecule has 6 heteroatoms. The Labute approximate surface area is 187 Å². The van der Waals surface area contributed by atoms with Crippen molar-refractivity contribution < 1.29 is 4.74 Å². The van der Waals surface area contributed by atoms with E-state index in [1.165, 1.54) is 5.56 Å². The number of methoxy groups -OCH3 is 1. The van der Waals surface area contributed by atoms with Gasteiger partial charge in [-0.1, -0.05) is 54.2 Å². The number of aromatic nitrogens is 3. The summed E-state index contributed by atoms with van der Waals surface area (Å²) in [4.78, 5) is 6.97. The SMILES string of the molecule is COc1ccc(-c2nnc(SCc3ccccc3)nc2-c2ccc(N(C)C)cc2)cc1. The molecular formula is C25H24N4OS. The van der Waals surface area contributed by atoms with Crippen LogP contribution in [0.25, 0.3) is 22.5 Å². The summed E-state index contributed by atoms with van der Waals surface area (Å²) in [6.07, 6.45) is 0. The van der Waals surface area contributed by atoms with E-state index in [1.807, 2.05) is 56.6 Å². The predicted octanol–water partition coefficient (Wildman–Crippen LogP) is 5.57. The van der Waals surface area contributed by atoms with Crippen molar-refractivity contribution in [2.45, 2.75) is 10.9 Å². The third-order valence-corrected chi connectivity index (χ3v) is 5.81. The number of hydrogen-bond donors (Lipinski definition) is 0. The molecule has 0 N–H and O–H groups in total. The summed E-state index contributed by atoms with van der Waals surface area (Å²) in [6.45, 7) is 0. The van der Waals surface area contributed by atoms with Crippen LogP contribution in [0.3, 0.4) is 0 Å². The molecule has 0 aliphatic rings. The highest BCUT2D eigenvalue weighted by Gasteiger charge is 2.15. The van der Waals surface area contributed by atoms with Crippen molar-refractivity contribution >= 4 is 17.4 Å². The summed E-state index contributed by atoms with van der Waals surface area (Å²) in [6, 6.07) is 26.5. The molecule has 0 aliphatic heterocycles. The first-order valence-electron chi connectivity index (χ1n) is 9.97. The van der Waals surface area contributed by atoms with Gasteiger partial charge in [-0.05, 0) is 42.0 Å². The van der Waals surface area contributed by atoms with E-state index < -0.39 is 0 Å². The van der Waals surface area contributed by atoms with Gasteiger partial charge >= 0.3 is 0 Å². The Balaban J connectivity index is 1.71. The first-order chi connectivity index (χ1) is 15.1. The fraction of sp³-hybridized carbons (Fsp3) is 0.160.